The van der Waals surface area contributed by atoms with Gasteiger partial charge in [-0.15, -0.1) is 0 Å². The smallest absolute Gasteiger partial charge is 0.279 e. The fourth-order valence-electron chi connectivity index (χ4n) is 1.78. The highest BCUT2D eigenvalue weighted by Crippen LogP contribution is 2.48. The number of hydrogen-bond donors (Lipinski definition) is 2. The van der Waals surface area contributed by atoms with Crippen molar-refractivity contribution in [2.45, 2.75) is 39.0 Å². The van der Waals surface area contributed by atoms with E-state index in [0.717, 1.165) is 25.7 Å². The summed E-state index contributed by atoms with van der Waals surface area (Å²) in [4.78, 5) is 0. The number of nitrogens with zero attached hydrogens (tertiary/aromatic N) is 1. The summed E-state index contributed by atoms with van der Waals surface area (Å²) in [5.74, 6) is 0. The van der Waals surface area contributed by atoms with E-state index in [1.54, 1.807) is 7.05 Å². The summed E-state index contributed by atoms with van der Waals surface area (Å²) in [6.45, 7) is 3.17. The van der Waals surface area contributed by atoms with E-state index < -0.39 is 10.2 Å². The maximum absolute atomic E-state index is 11.9. The molecule has 0 heterocycles. The Balaban J connectivity index is 2.39. The van der Waals surface area contributed by atoms with Crippen LogP contribution in [-0.4, -0.2) is 44.6 Å². The van der Waals surface area contributed by atoms with Gasteiger partial charge in [0.1, 0.15) is 0 Å². The summed E-state index contributed by atoms with van der Waals surface area (Å²) < 4.78 is 27.7. The summed E-state index contributed by atoms with van der Waals surface area (Å²) in [6, 6.07) is 0. The Morgan fingerprint density at radius 2 is 2.06 bits per heavy atom. The first-order valence-electron chi connectivity index (χ1n) is 6.27. The Hall–Kier alpha value is -0.170. The lowest BCUT2D eigenvalue weighted by molar-refractivity contribution is 0.248. The van der Waals surface area contributed by atoms with Crippen LogP contribution in [0.5, 0.6) is 0 Å². The van der Waals surface area contributed by atoms with E-state index in [2.05, 4.69) is 4.72 Å². The van der Waals surface area contributed by atoms with Crippen LogP contribution in [0.25, 0.3) is 0 Å². The minimum Gasteiger partial charge on any atom is -0.396 e. The fraction of sp³-hybridized carbons (Fsp3) is 1.00. The first-order valence-corrected chi connectivity index (χ1v) is 7.71. The normalized spacial score (nSPS) is 18.6. The van der Waals surface area contributed by atoms with Gasteiger partial charge in [0.05, 0.1) is 0 Å². The Bertz CT molecular complexity index is 326. The molecule has 0 aromatic heterocycles. The molecule has 0 unspecified atom stereocenters. The molecule has 0 amide bonds. The second-order valence-electron chi connectivity index (χ2n) is 4.97. The summed E-state index contributed by atoms with van der Waals surface area (Å²) in [5.41, 5.74) is 0.0212. The molecule has 0 atom stereocenters. The van der Waals surface area contributed by atoms with E-state index in [1.807, 2.05) is 6.92 Å². The predicted molar refractivity (Wildman–Crippen MR) is 67.8 cm³/mol. The van der Waals surface area contributed by atoms with E-state index in [4.69, 9.17) is 5.11 Å². The molecule has 102 valence electrons. The van der Waals surface area contributed by atoms with E-state index in [-0.39, 0.29) is 12.0 Å². The molecule has 1 saturated carbocycles. The summed E-state index contributed by atoms with van der Waals surface area (Å²) in [7, 11) is -1.74. The van der Waals surface area contributed by atoms with Crippen molar-refractivity contribution in [1.82, 2.24) is 9.03 Å². The molecule has 0 aliphatic heterocycles. The molecule has 0 aromatic carbocycles. The van der Waals surface area contributed by atoms with E-state index in [9.17, 15) is 8.42 Å². The largest absolute Gasteiger partial charge is 0.396 e. The molecule has 0 radical (unpaired) electrons. The number of rotatable bonds is 9. The van der Waals surface area contributed by atoms with E-state index >= 15 is 0 Å². The number of aliphatic hydroxyl groups excluding tert-OH is 1. The summed E-state index contributed by atoms with van der Waals surface area (Å²) in [5, 5.41) is 8.91. The Labute approximate surface area is 104 Å². The van der Waals surface area contributed by atoms with Gasteiger partial charge in [0.25, 0.3) is 10.2 Å². The van der Waals surface area contributed by atoms with Crippen molar-refractivity contribution >= 4 is 10.2 Å². The van der Waals surface area contributed by atoms with Gasteiger partial charge in [-0.05, 0) is 31.1 Å². The maximum atomic E-state index is 11.9. The number of aliphatic hydroxyl groups is 1. The minimum absolute atomic E-state index is 0.0212. The number of unbranched alkanes of at least 4 members (excludes halogenated alkanes) is 1. The van der Waals surface area contributed by atoms with Gasteiger partial charge in [0.2, 0.25) is 0 Å². The third-order valence-corrected chi connectivity index (χ3v) is 4.98. The minimum atomic E-state index is -3.34. The monoisotopic (exact) mass is 264 g/mol. The molecule has 6 heteroatoms. The van der Waals surface area contributed by atoms with Gasteiger partial charge < -0.3 is 5.11 Å². The van der Waals surface area contributed by atoms with Crippen molar-refractivity contribution in [3.63, 3.8) is 0 Å². The average molecular weight is 264 g/mol. The molecule has 1 fully saturated rings. The van der Waals surface area contributed by atoms with Crippen molar-refractivity contribution in [3.05, 3.63) is 0 Å². The van der Waals surface area contributed by atoms with Gasteiger partial charge in [0.15, 0.2) is 0 Å². The predicted octanol–water partition coefficient (Wildman–Crippen LogP) is 0.715. The first kappa shape index (κ1) is 14.9. The van der Waals surface area contributed by atoms with Gasteiger partial charge in [-0.2, -0.15) is 12.7 Å². The summed E-state index contributed by atoms with van der Waals surface area (Å²) in [6.07, 6.45) is 4.56. The van der Waals surface area contributed by atoms with E-state index in [0.29, 0.717) is 19.5 Å². The van der Waals surface area contributed by atoms with Crippen molar-refractivity contribution < 1.29 is 13.5 Å². The molecule has 0 bridgehead atoms. The van der Waals surface area contributed by atoms with Crippen LogP contribution in [0.3, 0.4) is 0 Å². The molecule has 2 N–H and O–H groups in total. The standard InChI is InChI=1S/C11H24N2O3S/c1-3-4-8-13(2)17(15,16)12-10-11(5-6-11)7-9-14/h12,14H,3-10H2,1-2H3. The highest BCUT2D eigenvalue weighted by atomic mass is 32.2. The first-order chi connectivity index (χ1) is 7.96. The maximum Gasteiger partial charge on any atom is 0.279 e. The lowest BCUT2D eigenvalue weighted by Crippen LogP contribution is -2.41. The van der Waals surface area contributed by atoms with Crippen molar-refractivity contribution in [2.24, 2.45) is 5.41 Å². The van der Waals surface area contributed by atoms with Crippen molar-refractivity contribution in [2.75, 3.05) is 26.7 Å². The zero-order chi connectivity index (χ0) is 12.9. The van der Waals surface area contributed by atoms with Crippen LogP contribution in [0, 0.1) is 5.41 Å². The lowest BCUT2D eigenvalue weighted by Gasteiger charge is -2.20. The molecule has 0 saturated heterocycles. The Morgan fingerprint density at radius 3 is 2.53 bits per heavy atom. The third-order valence-electron chi connectivity index (χ3n) is 3.47. The van der Waals surface area contributed by atoms with Crippen molar-refractivity contribution in [3.8, 4) is 0 Å². The van der Waals surface area contributed by atoms with Crippen LogP contribution in [0.4, 0.5) is 0 Å². The third kappa shape index (κ3) is 4.54. The van der Waals surface area contributed by atoms with Gasteiger partial charge in [-0.25, -0.2) is 4.72 Å². The van der Waals surface area contributed by atoms with Crippen LogP contribution in [0.1, 0.15) is 39.0 Å². The highest BCUT2D eigenvalue weighted by Gasteiger charge is 2.42. The van der Waals surface area contributed by atoms with Crippen LogP contribution >= 0.6 is 0 Å². The molecule has 0 aromatic rings. The lowest BCUT2D eigenvalue weighted by atomic mass is 10.0. The zero-order valence-electron chi connectivity index (χ0n) is 10.8. The van der Waals surface area contributed by atoms with Crippen molar-refractivity contribution in [1.29, 1.82) is 0 Å². The second-order valence-corrected chi connectivity index (χ2v) is 6.84. The number of nitrogens with one attached hydrogen (secondary N) is 1. The van der Waals surface area contributed by atoms with Gasteiger partial charge >= 0.3 is 0 Å². The SMILES string of the molecule is CCCCN(C)S(=O)(=O)NCC1(CCO)CC1. The van der Waals surface area contributed by atoms with Gasteiger partial charge in [-0.1, -0.05) is 13.3 Å². The van der Waals surface area contributed by atoms with E-state index in [1.165, 1.54) is 4.31 Å². The molecule has 1 aliphatic rings. The Kier molecular flexibility index (Phi) is 5.37. The summed E-state index contributed by atoms with van der Waals surface area (Å²) >= 11 is 0. The molecule has 1 rings (SSSR count). The average Bonchev–Trinajstić information content (AvgIpc) is 3.04. The van der Waals surface area contributed by atoms with Gasteiger partial charge in [-0.3, -0.25) is 0 Å². The van der Waals surface area contributed by atoms with Crippen LogP contribution < -0.4 is 4.72 Å². The van der Waals surface area contributed by atoms with Crippen LogP contribution in [-0.2, 0) is 10.2 Å². The van der Waals surface area contributed by atoms with Crippen LogP contribution in [0.2, 0.25) is 0 Å². The topological polar surface area (TPSA) is 69.6 Å². The second kappa shape index (κ2) is 6.13. The molecule has 17 heavy (non-hydrogen) atoms. The molecular weight excluding hydrogens is 240 g/mol. The highest BCUT2D eigenvalue weighted by molar-refractivity contribution is 7.87. The molecule has 5 nitrogen and oxygen atoms in total. The Morgan fingerprint density at radius 1 is 1.41 bits per heavy atom. The fourth-order valence-corrected chi connectivity index (χ4v) is 2.86. The van der Waals surface area contributed by atoms with Crippen LogP contribution in [0.15, 0.2) is 0 Å². The quantitative estimate of drug-likeness (QED) is 0.644. The zero-order valence-corrected chi connectivity index (χ0v) is 11.6. The molecule has 1 aliphatic carbocycles. The van der Waals surface area contributed by atoms with Gasteiger partial charge in [0, 0.05) is 26.7 Å². The number of hydrogen-bond acceptors (Lipinski definition) is 3. The molecule has 0 spiro atoms. The molecular formula is C11H24N2O3S.